The maximum absolute atomic E-state index is 13.7. The first-order valence-electron chi connectivity index (χ1n) is 12.4. The Bertz CT molecular complexity index is 1310. The molecule has 0 atom stereocenters. The van der Waals surface area contributed by atoms with E-state index in [4.69, 9.17) is 5.11 Å². The van der Waals surface area contributed by atoms with E-state index in [1.54, 1.807) is 48.5 Å². The van der Waals surface area contributed by atoms with Crippen molar-refractivity contribution in [3.63, 3.8) is 0 Å². The summed E-state index contributed by atoms with van der Waals surface area (Å²) in [5.74, 6) is -1.57. The lowest BCUT2D eigenvalue weighted by atomic mass is 9.13. The molecule has 6 heteroatoms. The number of halogens is 4. The maximum atomic E-state index is 13.7. The number of rotatable bonds is 6. The van der Waals surface area contributed by atoms with E-state index < -0.39 is 29.4 Å². The van der Waals surface area contributed by atoms with Crippen LogP contribution in [0.5, 0.6) is 0 Å². The molecule has 1 nitrogen and oxygen atoms in total. The standard InChI is InChI=1S/C24H16BF4.C9H10O/c26-21-9-1-17(2-10-21)25(18-3-11-22(27)12-4-18,19-5-13-23(28)14-6-19)20-7-15-24(29)16-8-20;1-8(7-10)9-5-3-2-4-6-9/h1-16H;2-6,10H,1,7H2/q-1;/p+1. The van der Waals surface area contributed by atoms with Crippen molar-refractivity contribution in [1.29, 1.82) is 0 Å². The Morgan fingerprint density at radius 1 is 0.487 bits per heavy atom. The van der Waals surface area contributed by atoms with E-state index in [-0.39, 0.29) is 6.61 Å². The van der Waals surface area contributed by atoms with Crippen LogP contribution >= 0.6 is 0 Å². The largest absolute Gasteiger partial charge is 0.442 e. The SMILES string of the molecule is C=C(C[OH2+])c1ccccc1.Fc1ccc([B-](c2ccc(F)cc2)(c2ccc(F)cc2)c2ccc(F)cc2)cc1. The molecule has 0 radical (unpaired) electrons. The van der Waals surface area contributed by atoms with Crippen molar-refractivity contribution in [2.75, 3.05) is 6.61 Å². The smallest absolute Gasteiger partial charge is 0.169 e. The van der Waals surface area contributed by atoms with Crippen LogP contribution in [0.3, 0.4) is 0 Å². The zero-order chi connectivity index (χ0) is 27.8. The fourth-order valence-corrected chi connectivity index (χ4v) is 4.94. The fourth-order valence-electron chi connectivity index (χ4n) is 4.94. The van der Waals surface area contributed by atoms with Crippen molar-refractivity contribution in [3.05, 3.63) is 163 Å². The molecule has 0 bridgehead atoms. The zero-order valence-electron chi connectivity index (χ0n) is 21.1. The van der Waals surface area contributed by atoms with Crippen LogP contribution < -0.4 is 21.9 Å². The second-order valence-electron chi connectivity index (χ2n) is 9.22. The quantitative estimate of drug-likeness (QED) is 0.168. The molecular weight excluding hydrogens is 499 g/mol. The molecule has 0 aromatic heterocycles. The molecule has 0 fully saturated rings. The molecule has 0 spiro atoms. The molecule has 0 amide bonds. The maximum Gasteiger partial charge on any atom is 0.169 e. The van der Waals surface area contributed by atoms with Gasteiger partial charge in [0, 0.05) is 5.57 Å². The van der Waals surface area contributed by atoms with Crippen LogP contribution in [0.15, 0.2) is 134 Å². The lowest BCUT2D eigenvalue weighted by Crippen LogP contribution is -2.74. The molecule has 0 aliphatic carbocycles. The Morgan fingerprint density at radius 3 is 1.03 bits per heavy atom. The lowest BCUT2D eigenvalue weighted by molar-refractivity contribution is 0.350. The Balaban J connectivity index is 0.000000298. The zero-order valence-corrected chi connectivity index (χ0v) is 21.1. The molecule has 0 aliphatic heterocycles. The first kappa shape index (κ1) is 27.6. The fraction of sp³-hybridized carbons (Fsp3) is 0.0303. The van der Waals surface area contributed by atoms with Gasteiger partial charge in [0.2, 0.25) is 0 Å². The van der Waals surface area contributed by atoms with Gasteiger partial charge in [-0.1, -0.05) is 85.4 Å². The molecule has 0 heterocycles. The van der Waals surface area contributed by atoms with Crippen LogP contribution in [-0.2, 0) is 0 Å². The van der Waals surface area contributed by atoms with Crippen LogP contribution in [-0.4, -0.2) is 17.9 Å². The summed E-state index contributed by atoms with van der Waals surface area (Å²) in [6.45, 7) is 4.04. The van der Waals surface area contributed by atoms with Crippen LogP contribution in [0.2, 0.25) is 0 Å². The third-order valence-corrected chi connectivity index (χ3v) is 6.88. The molecule has 0 saturated heterocycles. The van der Waals surface area contributed by atoms with Crippen molar-refractivity contribution >= 4 is 33.6 Å². The molecule has 5 aromatic carbocycles. The Hall–Kier alpha value is -4.42. The van der Waals surface area contributed by atoms with Crippen LogP contribution in [0, 0.1) is 23.3 Å². The molecule has 0 unspecified atom stereocenters. The molecule has 0 aliphatic rings. The topological polar surface area (TPSA) is 22.9 Å². The van der Waals surface area contributed by atoms with E-state index in [1.165, 1.54) is 48.5 Å². The first-order valence-corrected chi connectivity index (χ1v) is 12.4. The van der Waals surface area contributed by atoms with Gasteiger partial charge in [-0.25, -0.2) is 17.6 Å². The van der Waals surface area contributed by atoms with E-state index in [0.717, 1.165) is 33.0 Å². The van der Waals surface area contributed by atoms with Crippen LogP contribution in [0.4, 0.5) is 17.6 Å². The van der Waals surface area contributed by atoms with Gasteiger partial charge in [0.25, 0.3) is 0 Å². The van der Waals surface area contributed by atoms with Gasteiger partial charge in [-0.2, -0.15) is 21.9 Å². The summed E-state index contributed by atoms with van der Waals surface area (Å²) in [4.78, 5) is 0. The molecule has 2 N–H and O–H groups in total. The average Bonchev–Trinajstić information content (AvgIpc) is 2.97. The summed E-state index contributed by atoms with van der Waals surface area (Å²) in [6.07, 6.45) is -1.94. The van der Waals surface area contributed by atoms with Gasteiger partial charge in [-0.05, 0) is 54.1 Å². The molecule has 0 saturated carbocycles. The predicted octanol–water partition coefficient (Wildman–Crippen LogP) is 5.04. The van der Waals surface area contributed by atoms with E-state index in [1.807, 2.05) is 30.3 Å². The highest BCUT2D eigenvalue weighted by Gasteiger charge is 2.32. The highest BCUT2D eigenvalue weighted by Crippen LogP contribution is 2.12. The Morgan fingerprint density at radius 2 is 0.769 bits per heavy atom. The predicted molar refractivity (Wildman–Crippen MR) is 154 cm³/mol. The third kappa shape index (κ3) is 6.19. The third-order valence-electron chi connectivity index (χ3n) is 6.88. The minimum Gasteiger partial charge on any atom is -0.442 e. The molecular formula is C33H27BF4O. The van der Waals surface area contributed by atoms with Crippen molar-refractivity contribution in [2.24, 2.45) is 0 Å². The van der Waals surface area contributed by atoms with Crippen molar-refractivity contribution in [1.82, 2.24) is 0 Å². The first-order chi connectivity index (χ1) is 18.8. The number of benzene rings is 5. The van der Waals surface area contributed by atoms with Gasteiger partial charge in [0.1, 0.15) is 29.4 Å². The van der Waals surface area contributed by atoms with Crippen molar-refractivity contribution in [2.45, 2.75) is 0 Å². The summed E-state index contributed by atoms with van der Waals surface area (Å²) in [6, 6.07) is 33.9. The van der Waals surface area contributed by atoms with E-state index in [0.29, 0.717) is 0 Å². The highest BCUT2D eigenvalue weighted by atomic mass is 19.1. The summed E-state index contributed by atoms with van der Waals surface area (Å²) in [5.41, 5.74) is 4.93. The Kier molecular flexibility index (Phi) is 8.79. The molecule has 39 heavy (non-hydrogen) atoms. The second-order valence-corrected chi connectivity index (χ2v) is 9.22. The monoisotopic (exact) mass is 526 g/mol. The van der Waals surface area contributed by atoms with Gasteiger partial charge in [0.15, 0.2) is 6.61 Å². The van der Waals surface area contributed by atoms with E-state index in [9.17, 15) is 17.6 Å². The van der Waals surface area contributed by atoms with Crippen molar-refractivity contribution < 1.29 is 22.7 Å². The lowest BCUT2D eigenvalue weighted by Gasteiger charge is -2.44. The minimum absolute atomic E-state index is 0.282. The van der Waals surface area contributed by atoms with E-state index >= 15 is 0 Å². The summed E-state index contributed by atoms with van der Waals surface area (Å²) >= 11 is 0. The summed E-state index contributed by atoms with van der Waals surface area (Å²) < 4.78 is 54.8. The normalized spacial score (nSPS) is 10.9. The average molecular weight is 526 g/mol. The van der Waals surface area contributed by atoms with Gasteiger partial charge < -0.3 is 5.11 Å². The molecule has 5 aromatic rings. The summed E-state index contributed by atoms with van der Waals surface area (Å²) in [7, 11) is 0. The van der Waals surface area contributed by atoms with Crippen molar-refractivity contribution in [3.8, 4) is 0 Å². The minimum atomic E-state index is -1.94. The van der Waals surface area contributed by atoms with Crippen LogP contribution in [0.25, 0.3) is 5.57 Å². The van der Waals surface area contributed by atoms with Gasteiger partial charge in [-0.15, -0.1) is 0 Å². The Labute approximate surface area is 225 Å². The second kappa shape index (κ2) is 12.4. The molecule has 196 valence electrons. The molecule has 5 rings (SSSR count). The van der Waals surface area contributed by atoms with Gasteiger partial charge in [-0.3, -0.25) is 0 Å². The number of hydrogen-bond acceptors (Lipinski definition) is 0. The summed E-state index contributed by atoms with van der Waals surface area (Å²) in [5, 5.41) is 7.05. The van der Waals surface area contributed by atoms with E-state index in [2.05, 4.69) is 6.58 Å². The number of hydrogen-bond donors (Lipinski definition) is 0. The highest BCUT2D eigenvalue weighted by molar-refractivity contribution is 7.19. The van der Waals surface area contributed by atoms with Gasteiger partial charge >= 0.3 is 0 Å². The van der Waals surface area contributed by atoms with Gasteiger partial charge in [0.05, 0.1) is 0 Å². The van der Waals surface area contributed by atoms with Crippen LogP contribution in [0.1, 0.15) is 5.56 Å².